The van der Waals surface area contributed by atoms with Crippen LogP contribution in [0.25, 0.3) is 34.3 Å². The smallest absolute Gasteiger partial charge is 0.303 e. The molecule has 8 heteroatoms. The van der Waals surface area contributed by atoms with Crippen molar-refractivity contribution in [3.05, 3.63) is 94.4 Å². The van der Waals surface area contributed by atoms with Crippen LogP contribution in [0.4, 0.5) is 4.39 Å². The molecule has 5 nitrogen and oxygen atoms in total. The maximum absolute atomic E-state index is 15.3. The number of aryl methyl sites for hydroxylation is 1. The first-order valence-electron chi connectivity index (χ1n) is 11.8. The molecule has 0 radical (unpaired) electrons. The molecule has 0 saturated heterocycles. The number of carboxylic acid groups (broad SMARTS) is 1. The number of halogens is 3. The van der Waals surface area contributed by atoms with Crippen LogP contribution in [0.15, 0.2) is 72.9 Å². The Labute approximate surface area is 224 Å². The Morgan fingerprint density at radius 1 is 1.05 bits per heavy atom. The Bertz CT molecular complexity index is 1410. The van der Waals surface area contributed by atoms with E-state index in [1.54, 1.807) is 29.0 Å². The first kappa shape index (κ1) is 26.5. The second-order valence-corrected chi connectivity index (χ2v) is 9.19. The first-order valence-corrected chi connectivity index (χ1v) is 12.5. The van der Waals surface area contributed by atoms with Gasteiger partial charge in [0.1, 0.15) is 5.75 Å². The van der Waals surface area contributed by atoms with E-state index in [1.165, 1.54) is 6.08 Å². The van der Waals surface area contributed by atoms with E-state index >= 15 is 4.39 Å². The van der Waals surface area contributed by atoms with E-state index in [1.807, 2.05) is 55.5 Å². The van der Waals surface area contributed by atoms with Gasteiger partial charge < -0.3 is 14.4 Å². The lowest BCUT2D eigenvalue weighted by molar-refractivity contribution is -0.137. The van der Waals surface area contributed by atoms with Crippen LogP contribution in [-0.4, -0.2) is 27.2 Å². The number of rotatable bonds is 10. The van der Waals surface area contributed by atoms with E-state index in [2.05, 4.69) is 4.98 Å². The van der Waals surface area contributed by atoms with Crippen molar-refractivity contribution in [1.82, 2.24) is 9.55 Å². The highest BCUT2D eigenvalue weighted by Crippen LogP contribution is 2.32. The molecule has 0 saturated carbocycles. The molecule has 0 unspecified atom stereocenters. The summed E-state index contributed by atoms with van der Waals surface area (Å²) in [5.74, 6) is -0.372. The molecule has 190 valence electrons. The topological polar surface area (TPSA) is 64.4 Å². The van der Waals surface area contributed by atoms with E-state index in [0.29, 0.717) is 52.2 Å². The quantitative estimate of drug-likeness (QED) is 0.206. The summed E-state index contributed by atoms with van der Waals surface area (Å²) in [5, 5.41) is 9.67. The maximum Gasteiger partial charge on any atom is 0.303 e. The minimum atomic E-state index is -0.833. The number of nitrogens with zero attached hydrogens (tertiary/aromatic N) is 2. The lowest BCUT2D eigenvalue weighted by atomic mass is 10.0. The van der Waals surface area contributed by atoms with Gasteiger partial charge >= 0.3 is 5.97 Å². The third kappa shape index (κ3) is 6.79. The number of carboxylic acids is 1. The molecule has 0 amide bonds. The predicted molar refractivity (Wildman–Crippen MR) is 147 cm³/mol. The van der Waals surface area contributed by atoms with Gasteiger partial charge in [-0.05, 0) is 66.4 Å². The Morgan fingerprint density at radius 3 is 2.35 bits per heavy atom. The zero-order valence-electron chi connectivity index (χ0n) is 20.1. The maximum atomic E-state index is 15.3. The van der Waals surface area contributed by atoms with Crippen LogP contribution in [0.5, 0.6) is 5.75 Å². The number of imidazole rings is 1. The normalized spacial score (nSPS) is 11.5. The van der Waals surface area contributed by atoms with Crippen LogP contribution in [0.3, 0.4) is 0 Å². The van der Waals surface area contributed by atoms with Crippen LogP contribution in [0, 0.1) is 0 Å². The van der Waals surface area contributed by atoms with Gasteiger partial charge in [-0.25, -0.2) is 9.37 Å². The number of hydrogen-bond acceptors (Lipinski definition) is 3. The molecule has 0 aliphatic heterocycles. The average molecular weight is 539 g/mol. The molecule has 1 N–H and O–H groups in total. The number of aliphatic carboxylic acids is 1. The van der Waals surface area contributed by atoms with Crippen LogP contribution in [0.2, 0.25) is 10.0 Å². The van der Waals surface area contributed by atoms with E-state index in [-0.39, 0.29) is 12.2 Å². The average Bonchev–Trinajstić information content (AvgIpc) is 3.32. The van der Waals surface area contributed by atoms with Gasteiger partial charge in [-0.1, -0.05) is 59.6 Å². The molecule has 0 spiro atoms. The Balaban J connectivity index is 1.47. The molecule has 3 aromatic carbocycles. The molecule has 0 atom stereocenters. The largest absolute Gasteiger partial charge is 0.494 e. The Morgan fingerprint density at radius 2 is 1.73 bits per heavy atom. The zero-order valence-corrected chi connectivity index (χ0v) is 21.6. The van der Waals surface area contributed by atoms with Gasteiger partial charge in [0.05, 0.1) is 17.3 Å². The van der Waals surface area contributed by atoms with Crippen molar-refractivity contribution < 1.29 is 19.0 Å². The summed E-state index contributed by atoms with van der Waals surface area (Å²) in [4.78, 5) is 15.1. The van der Waals surface area contributed by atoms with Gasteiger partial charge in [0.25, 0.3) is 0 Å². The first-order chi connectivity index (χ1) is 17.8. The third-order valence-corrected chi connectivity index (χ3v) is 6.28. The van der Waals surface area contributed by atoms with Crippen molar-refractivity contribution in [2.24, 2.45) is 0 Å². The van der Waals surface area contributed by atoms with E-state index in [4.69, 9.17) is 33.0 Å². The lowest BCUT2D eigenvalue weighted by Gasteiger charge is -2.07. The molecule has 1 heterocycles. The van der Waals surface area contributed by atoms with Gasteiger partial charge in [0.15, 0.2) is 11.7 Å². The molecule has 0 fully saturated rings. The highest BCUT2D eigenvalue weighted by molar-refractivity contribution is 6.36. The van der Waals surface area contributed by atoms with Gasteiger partial charge in [0.2, 0.25) is 0 Å². The molecule has 37 heavy (non-hydrogen) atoms. The second-order valence-electron chi connectivity index (χ2n) is 8.34. The summed E-state index contributed by atoms with van der Waals surface area (Å²) >= 11 is 12.3. The number of benzene rings is 3. The molecular formula is C29H25Cl2FN2O3. The summed E-state index contributed by atoms with van der Waals surface area (Å²) in [5.41, 5.74) is 3.93. The molecular weight excluding hydrogens is 514 g/mol. The SMILES string of the molecule is CCn1cc(-c2ccc(Cl)cc2Cl)nc1C(F)=Cc1ccc(-c2ccc(OCCCC(=O)O)cc2)cc1. The standard InChI is InChI=1S/C29H25Cl2FN2O3/c1-2-34-18-27(24-14-11-22(30)17-25(24)31)33-29(34)26(32)16-19-5-7-20(8-6-19)21-9-12-23(13-10-21)37-15-3-4-28(35)36/h5-14,16-18H,2-4,15H2,1H3,(H,35,36). The van der Waals surface area contributed by atoms with Crippen molar-refractivity contribution in [3.63, 3.8) is 0 Å². The highest BCUT2D eigenvalue weighted by atomic mass is 35.5. The molecule has 0 bridgehead atoms. The summed E-state index contributed by atoms with van der Waals surface area (Å²) in [7, 11) is 0. The number of aromatic nitrogens is 2. The van der Waals surface area contributed by atoms with Gasteiger partial charge in [-0.15, -0.1) is 0 Å². The van der Waals surface area contributed by atoms with E-state index in [0.717, 1.165) is 11.1 Å². The second kappa shape index (κ2) is 12.1. The molecule has 0 aliphatic rings. The molecule has 1 aromatic heterocycles. The summed E-state index contributed by atoms with van der Waals surface area (Å²) in [6.45, 7) is 2.82. The fourth-order valence-corrected chi connectivity index (χ4v) is 4.32. The summed E-state index contributed by atoms with van der Waals surface area (Å²) in [6.07, 6.45) is 3.77. The number of carbonyl (C=O) groups is 1. The summed E-state index contributed by atoms with van der Waals surface area (Å²) in [6, 6.07) is 20.2. The van der Waals surface area contributed by atoms with Gasteiger partial charge in [-0.2, -0.15) is 0 Å². The lowest BCUT2D eigenvalue weighted by Crippen LogP contribution is -2.01. The van der Waals surface area contributed by atoms with E-state index in [9.17, 15) is 4.79 Å². The van der Waals surface area contributed by atoms with Crippen LogP contribution >= 0.6 is 23.2 Å². The molecule has 4 rings (SSSR count). The van der Waals surface area contributed by atoms with Crippen molar-refractivity contribution in [2.75, 3.05) is 6.61 Å². The van der Waals surface area contributed by atoms with Gasteiger partial charge in [-0.3, -0.25) is 4.79 Å². The monoisotopic (exact) mass is 538 g/mol. The minimum Gasteiger partial charge on any atom is -0.494 e. The molecule has 0 aliphatic carbocycles. The zero-order chi connectivity index (χ0) is 26.4. The highest BCUT2D eigenvalue weighted by Gasteiger charge is 2.15. The van der Waals surface area contributed by atoms with Gasteiger partial charge in [0, 0.05) is 29.7 Å². The van der Waals surface area contributed by atoms with Crippen molar-refractivity contribution in [3.8, 4) is 28.1 Å². The Hall–Kier alpha value is -3.61. The van der Waals surface area contributed by atoms with Crippen LogP contribution < -0.4 is 4.74 Å². The van der Waals surface area contributed by atoms with Crippen molar-refractivity contribution in [2.45, 2.75) is 26.3 Å². The Kier molecular flexibility index (Phi) is 8.64. The van der Waals surface area contributed by atoms with Crippen molar-refractivity contribution >= 4 is 41.1 Å². The van der Waals surface area contributed by atoms with Crippen LogP contribution in [-0.2, 0) is 11.3 Å². The van der Waals surface area contributed by atoms with Crippen molar-refractivity contribution in [1.29, 1.82) is 0 Å². The third-order valence-electron chi connectivity index (χ3n) is 5.73. The predicted octanol–water partition coefficient (Wildman–Crippen LogP) is 8.26. The fraction of sp³-hybridized carbons (Fsp3) is 0.172. The van der Waals surface area contributed by atoms with E-state index < -0.39 is 11.8 Å². The minimum absolute atomic E-state index is 0.0810. The number of ether oxygens (including phenoxy) is 1. The molecule has 4 aromatic rings. The fourth-order valence-electron chi connectivity index (χ4n) is 3.81. The van der Waals surface area contributed by atoms with Crippen LogP contribution in [0.1, 0.15) is 31.2 Å². The summed E-state index contributed by atoms with van der Waals surface area (Å²) < 4.78 is 22.6. The number of hydrogen-bond donors (Lipinski definition) is 1.